The molecule has 112 valence electrons. The molecule has 0 aliphatic carbocycles. The average Bonchev–Trinajstić information content (AvgIpc) is 2.87. The molecule has 22 heavy (non-hydrogen) atoms. The summed E-state index contributed by atoms with van der Waals surface area (Å²) in [6.07, 6.45) is 1.01. The highest BCUT2D eigenvalue weighted by molar-refractivity contribution is 6.29. The molecule has 0 saturated carbocycles. The largest absolute Gasteiger partial charge is 0.477 e. The van der Waals surface area contributed by atoms with E-state index in [4.69, 9.17) is 16.7 Å². The maximum Gasteiger partial charge on any atom is 0.341 e. The van der Waals surface area contributed by atoms with Gasteiger partial charge in [0.25, 0.3) is 0 Å². The van der Waals surface area contributed by atoms with Gasteiger partial charge in [-0.25, -0.2) is 18.8 Å². The maximum absolute atomic E-state index is 13.6. The number of fused-ring (bicyclic) bond motifs is 1. The molecule has 0 bridgehead atoms. The third-order valence-electron chi connectivity index (χ3n) is 2.98. The third-order valence-corrected chi connectivity index (χ3v) is 3.24. The van der Waals surface area contributed by atoms with E-state index in [0.717, 1.165) is 16.8 Å². The molecular weight excluding hydrogens is 319 g/mol. The predicted molar refractivity (Wildman–Crippen MR) is 71.9 cm³/mol. The van der Waals surface area contributed by atoms with Crippen LogP contribution in [-0.2, 0) is 0 Å². The number of nitrogens with zero attached hydrogens (tertiary/aromatic N) is 4. The minimum Gasteiger partial charge on any atom is -0.477 e. The molecule has 0 aliphatic rings. The van der Waals surface area contributed by atoms with Gasteiger partial charge in [-0.15, -0.1) is 0 Å². The lowest BCUT2D eigenvalue weighted by Crippen LogP contribution is -2.19. The zero-order valence-electron chi connectivity index (χ0n) is 10.9. The minimum atomic E-state index is -1.47. The fourth-order valence-corrected chi connectivity index (χ4v) is 2.10. The van der Waals surface area contributed by atoms with E-state index in [1.165, 1.54) is 0 Å². The molecule has 0 spiro atoms. The van der Waals surface area contributed by atoms with E-state index < -0.39 is 27.9 Å². The average molecular weight is 325 g/mol. The Morgan fingerprint density at radius 2 is 2.18 bits per heavy atom. The van der Waals surface area contributed by atoms with Gasteiger partial charge in [0.2, 0.25) is 11.2 Å². The number of aryl methyl sites for hydroxylation is 1. The van der Waals surface area contributed by atoms with Gasteiger partial charge in [-0.3, -0.25) is 9.36 Å². The molecule has 0 aliphatic heterocycles. The molecule has 0 unspecified atom stereocenters. The second-order valence-corrected chi connectivity index (χ2v) is 4.71. The highest BCUT2D eigenvalue weighted by Gasteiger charge is 2.20. The van der Waals surface area contributed by atoms with Crippen molar-refractivity contribution < 1.29 is 18.9 Å². The monoisotopic (exact) mass is 324 g/mol. The normalized spacial score (nSPS) is 11.0. The molecule has 3 heterocycles. The lowest BCUT2D eigenvalue weighted by molar-refractivity contribution is 0.0695. The van der Waals surface area contributed by atoms with Crippen molar-refractivity contribution in [3.05, 3.63) is 44.7 Å². The van der Waals surface area contributed by atoms with Crippen LogP contribution in [0.4, 0.5) is 4.39 Å². The fourth-order valence-electron chi connectivity index (χ4n) is 1.96. The summed E-state index contributed by atoms with van der Waals surface area (Å²) in [6.45, 7) is 1.56. The number of carboxylic acid groups (broad SMARTS) is 1. The highest BCUT2D eigenvalue weighted by atomic mass is 35.5. The van der Waals surface area contributed by atoms with Gasteiger partial charge in [-0.1, -0.05) is 16.8 Å². The van der Waals surface area contributed by atoms with Crippen molar-refractivity contribution >= 4 is 28.6 Å². The topological polar surface area (TPSA) is 111 Å². The van der Waals surface area contributed by atoms with Crippen LogP contribution in [0.1, 0.15) is 16.1 Å². The first-order valence-electron chi connectivity index (χ1n) is 5.84. The van der Waals surface area contributed by atoms with Gasteiger partial charge >= 0.3 is 5.97 Å². The Labute approximate surface area is 125 Å². The number of halogens is 2. The summed E-state index contributed by atoms with van der Waals surface area (Å²) < 4.78 is 19.3. The van der Waals surface area contributed by atoms with Crippen LogP contribution >= 0.6 is 11.6 Å². The standard InChI is InChI=1S/C12H6ClFN4O4/c1-4-10(17-22-16-4)18-3-6(12(20)21)8(19)5-2-7(14)9(13)15-11(5)18/h2-3H,1H3,(H,20,21). The van der Waals surface area contributed by atoms with Crippen LogP contribution in [0.25, 0.3) is 16.9 Å². The van der Waals surface area contributed by atoms with E-state index in [2.05, 4.69) is 19.9 Å². The van der Waals surface area contributed by atoms with Crippen LogP contribution in [-0.4, -0.2) is 30.9 Å². The van der Waals surface area contributed by atoms with Crippen molar-refractivity contribution in [2.45, 2.75) is 6.92 Å². The number of pyridine rings is 2. The van der Waals surface area contributed by atoms with Crippen LogP contribution in [0.3, 0.4) is 0 Å². The molecule has 1 N–H and O–H groups in total. The second-order valence-electron chi connectivity index (χ2n) is 4.35. The summed E-state index contributed by atoms with van der Waals surface area (Å²) in [5.74, 6) is -2.29. The van der Waals surface area contributed by atoms with Crippen molar-refractivity contribution in [2.24, 2.45) is 0 Å². The van der Waals surface area contributed by atoms with Gasteiger partial charge in [-0.2, -0.15) is 0 Å². The smallest absolute Gasteiger partial charge is 0.341 e. The Morgan fingerprint density at radius 3 is 2.77 bits per heavy atom. The molecular formula is C12H6ClFN4O4. The maximum atomic E-state index is 13.6. The summed E-state index contributed by atoms with van der Waals surface area (Å²) in [5, 5.41) is 15.6. The molecule has 3 aromatic rings. The van der Waals surface area contributed by atoms with Crippen molar-refractivity contribution in [2.75, 3.05) is 0 Å². The molecule has 0 radical (unpaired) electrons. The quantitative estimate of drug-likeness (QED) is 0.712. The van der Waals surface area contributed by atoms with E-state index in [0.29, 0.717) is 5.69 Å². The Balaban J connectivity index is 2.53. The molecule has 0 amide bonds. The molecule has 0 aromatic carbocycles. The molecule has 10 heteroatoms. The van der Waals surface area contributed by atoms with Crippen LogP contribution in [0.5, 0.6) is 0 Å². The van der Waals surface area contributed by atoms with Gasteiger partial charge in [0.1, 0.15) is 11.3 Å². The van der Waals surface area contributed by atoms with Gasteiger partial charge in [-0.05, 0) is 18.1 Å². The minimum absolute atomic E-state index is 0.0554. The zero-order chi connectivity index (χ0) is 16.0. The Kier molecular flexibility index (Phi) is 3.14. The fraction of sp³-hybridized carbons (Fsp3) is 0.0833. The van der Waals surface area contributed by atoms with Crippen molar-refractivity contribution in [3.8, 4) is 5.82 Å². The molecule has 0 atom stereocenters. The van der Waals surface area contributed by atoms with Crippen molar-refractivity contribution in [1.29, 1.82) is 0 Å². The van der Waals surface area contributed by atoms with Gasteiger partial charge in [0.15, 0.2) is 16.6 Å². The van der Waals surface area contributed by atoms with E-state index >= 15 is 0 Å². The third kappa shape index (κ3) is 2.02. The van der Waals surface area contributed by atoms with E-state index in [1.54, 1.807) is 6.92 Å². The van der Waals surface area contributed by atoms with Gasteiger partial charge in [0, 0.05) is 6.20 Å². The first kappa shape index (κ1) is 14.1. The summed E-state index contributed by atoms with van der Waals surface area (Å²) in [6, 6.07) is 0.832. The summed E-state index contributed by atoms with van der Waals surface area (Å²) in [4.78, 5) is 27.1. The number of aromatic nitrogens is 4. The van der Waals surface area contributed by atoms with Crippen LogP contribution in [0.2, 0.25) is 5.15 Å². The molecule has 0 fully saturated rings. The summed E-state index contributed by atoms with van der Waals surface area (Å²) in [7, 11) is 0. The molecule has 3 aromatic heterocycles. The number of hydrogen-bond acceptors (Lipinski definition) is 6. The summed E-state index contributed by atoms with van der Waals surface area (Å²) in [5.41, 5.74) is -1.18. The number of carbonyl (C=O) groups is 1. The van der Waals surface area contributed by atoms with E-state index in [-0.39, 0.29) is 16.9 Å². The first-order chi connectivity index (χ1) is 10.4. The number of hydrogen-bond donors (Lipinski definition) is 1. The summed E-state index contributed by atoms with van der Waals surface area (Å²) >= 11 is 5.64. The number of aromatic carboxylic acids is 1. The first-order valence-corrected chi connectivity index (χ1v) is 6.22. The van der Waals surface area contributed by atoms with E-state index in [9.17, 15) is 14.0 Å². The van der Waals surface area contributed by atoms with E-state index in [1.807, 2.05) is 0 Å². The van der Waals surface area contributed by atoms with Gasteiger partial charge in [0.05, 0.1) is 5.39 Å². The van der Waals surface area contributed by atoms with Crippen LogP contribution in [0, 0.1) is 12.7 Å². The van der Waals surface area contributed by atoms with Crippen LogP contribution in [0.15, 0.2) is 21.7 Å². The molecule has 3 rings (SSSR count). The SMILES string of the molecule is Cc1nonc1-n1cc(C(=O)O)c(=O)c2cc(F)c(Cl)nc21. The number of carboxylic acids is 1. The lowest BCUT2D eigenvalue weighted by atomic mass is 10.2. The molecule has 0 saturated heterocycles. The predicted octanol–water partition coefficient (Wildman–Crippen LogP) is 1.57. The second kappa shape index (κ2) is 4.88. The molecule has 8 nitrogen and oxygen atoms in total. The Hall–Kier alpha value is -2.81. The van der Waals surface area contributed by atoms with Crippen molar-refractivity contribution in [1.82, 2.24) is 19.9 Å². The zero-order valence-corrected chi connectivity index (χ0v) is 11.6. The van der Waals surface area contributed by atoms with Gasteiger partial charge < -0.3 is 5.11 Å². The Bertz CT molecular complexity index is 981. The van der Waals surface area contributed by atoms with Crippen molar-refractivity contribution in [3.63, 3.8) is 0 Å². The van der Waals surface area contributed by atoms with Crippen LogP contribution < -0.4 is 5.43 Å². The lowest BCUT2D eigenvalue weighted by Gasteiger charge is -2.09. The Morgan fingerprint density at radius 1 is 1.45 bits per heavy atom. The number of rotatable bonds is 2. The highest BCUT2D eigenvalue weighted by Crippen LogP contribution is 2.21.